The predicted molar refractivity (Wildman–Crippen MR) is 50.7 cm³/mol. The Kier molecular flexibility index (Phi) is 2.63. The molecule has 0 aromatic rings. The molecule has 1 saturated heterocycles. The lowest BCUT2D eigenvalue weighted by Crippen LogP contribution is -2.43. The molecule has 1 aliphatic heterocycles. The third kappa shape index (κ3) is 1.71. The van der Waals surface area contributed by atoms with Gasteiger partial charge in [0, 0.05) is 17.9 Å². The molecule has 1 heterocycles. The molecular formula is C9H15N3O2. The highest BCUT2D eigenvalue weighted by Crippen LogP contribution is 2.40. The second-order valence-electron chi connectivity index (χ2n) is 4.22. The number of ether oxygens (including phenoxy) is 1. The van der Waals surface area contributed by atoms with Gasteiger partial charge in [0.25, 0.3) is 0 Å². The number of hydrogen-bond acceptors (Lipinski definition) is 3. The maximum atomic E-state index is 9.78. The van der Waals surface area contributed by atoms with Crippen molar-refractivity contribution in [3.8, 4) is 0 Å². The second-order valence-corrected chi connectivity index (χ2v) is 4.22. The van der Waals surface area contributed by atoms with Crippen molar-refractivity contribution >= 4 is 0 Å². The van der Waals surface area contributed by atoms with Gasteiger partial charge in [0.15, 0.2) is 0 Å². The van der Waals surface area contributed by atoms with Crippen LogP contribution in [0.3, 0.4) is 0 Å². The van der Waals surface area contributed by atoms with Crippen LogP contribution in [0.1, 0.15) is 32.1 Å². The van der Waals surface area contributed by atoms with Crippen molar-refractivity contribution in [2.24, 2.45) is 5.11 Å². The predicted octanol–water partition coefficient (Wildman–Crippen LogP) is 1.76. The molecule has 78 valence electrons. The fourth-order valence-electron chi connectivity index (χ4n) is 2.54. The first kappa shape index (κ1) is 9.77. The Morgan fingerprint density at radius 1 is 1.50 bits per heavy atom. The van der Waals surface area contributed by atoms with Crippen LogP contribution < -0.4 is 0 Å². The summed E-state index contributed by atoms with van der Waals surface area (Å²) < 4.78 is 5.68. The van der Waals surface area contributed by atoms with Crippen molar-refractivity contribution in [2.75, 3.05) is 6.61 Å². The molecular weight excluding hydrogens is 182 g/mol. The summed E-state index contributed by atoms with van der Waals surface area (Å²) in [5, 5.41) is 13.4. The summed E-state index contributed by atoms with van der Waals surface area (Å²) in [6.07, 6.45) is 3.86. The van der Waals surface area contributed by atoms with Crippen molar-refractivity contribution in [1.29, 1.82) is 0 Å². The molecule has 0 amide bonds. The molecule has 0 unspecified atom stereocenters. The van der Waals surface area contributed by atoms with Crippen LogP contribution in [0, 0.1) is 0 Å². The normalized spacial score (nSPS) is 42.4. The SMILES string of the molecule is [N-]=[N+]=N[C@@H]1CC[C@@]2(CCCO2)C[C@H]1O. The average Bonchev–Trinajstić information content (AvgIpc) is 2.59. The van der Waals surface area contributed by atoms with E-state index in [1.54, 1.807) is 0 Å². The number of aliphatic hydroxyl groups excluding tert-OH is 1. The molecule has 0 aromatic heterocycles. The molecule has 1 saturated carbocycles. The first-order valence-corrected chi connectivity index (χ1v) is 5.12. The van der Waals surface area contributed by atoms with Crippen LogP contribution in [0.15, 0.2) is 5.11 Å². The van der Waals surface area contributed by atoms with Crippen LogP contribution in [0.4, 0.5) is 0 Å². The van der Waals surface area contributed by atoms with E-state index in [4.69, 9.17) is 10.3 Å². The first-order valence-electron chi connectivity index (χ1n) is 5.12. The van der Waals surface area contributed by atoms with Crippen LogP contribution in [0.25, 0.3) is 10.4 Å². The zero-order chi connectivity index (χ0) is 10.0. The topological polar surface area (TPSA) is 78.2 Å². The highest BCUT2D eigenvalue weighted by molar-refractivity contribution is 4.96. The van der Waals surface area contributed by atoms with E-state index in [1.807, 2.05) is 0 Å². The van der Waals surface area contributed by atoms with Crippen molar-refractivity contribution in [3.05, 3.63) is 10.4 Å². The zero-order valence-corrected chi connectivity index (χ0v) is 8.09. The van der Waals surface area contributed by atoms with Gasteiger partial charge in [0.2, 0.25) is 0 Å². The van der Waals surface area contributed by atoms with Gasteiger partial charge in [-0.05, 0) is 31.2 Å². The minimum Gasteiger partial charge on any atom is -0.393 e. The molecule has 0 bridgehead atoms. The van der Waals surface area contributed by atoms with Crippen molar-refractivity contribution in [2.45, 2.75) is 49.9 Å². The van der Waals surface area contributed by atoms with Gasteiger partial charge in [-0.15, -0.1) is 0 Å². The Morgan fingerprint density at radius 2 is 2.36 bits per heavy atom. The lowest BCUT2D eigenvalue weighted by atomic mass is 9.79. The molecule has 1 aliphatic carbocycles. The first-order chi connectivity index (χ1) is 6.76. The van der Waals surface area contributed by atoms with E-state index in [0.29, 0.717) is 6.42 Å². The Balaban J connectivity index is 2.01. The Labute approximate surface area is 82.7 Å². The summed E-state index contributed by atoms with van der Waals surface area (Å²) in [4.78, 5) is 2.75. The van der Waals surface area contributed by atoms with Gasteiger partial charge in [-0.2, -0.15) is 0 Å². The van der Waals surface area contributed by atoms with Crippen LogP contribution >= 0.6 is 0 Å². The Morgan fingerprint density at radius 3 is 2.93 bits per heavy atom. The fourth-order valence-corrected chi connectivity index (χ4v) is 2.54. The third-order valence-corrected chi connectivity index (χ3v) is 3.31. The molecule has 1 N–H and O–H groups in total. The van der Waals surface area contributed by atoms with Gasteiger partial charge in [0.1, 0.15) is 0 Å². The maximum absolute atomic E-state index is 9.78. The van der Waals surface area contributed by atoms with Gasteiger partial charge >= 0.3 is 0 Å². The monoisotopic (exact) mass is 197 g/mol. The molecule has 5 nitrogen and oxygen atoms in total. The van der Waals surface area contributed by atoms with Crippen LogP contribution in [-0.4, -0.2) is 29.5 Å². The average molecular weight is 197 g/mol. The van der Waals surface area contributed by atoms with Crippen LogP contribution in [0.2, 0.25) is 0 Å². The quantitative estimate of drug-likeness (QED) is 0.395. The van der Waals surface area contributed by atoms with Gasteiger partial charge < -0.3 is 9.84 Å². The zero-order valence-electron chi connectivity index (χ0n) is 8.09. The van der Waals surface area contributed by atoms with E-state index in [-0.39, 0.29) is 11.6 Å². The molecule has 0 radical (unpaired) electrons. The lowest BCUT2D eigenvalue weighted by Gasteiger charge is -2.38. The number of rotatable bonds is 1. The van der Waals surface area contributed by atoms with Gasteiger partial charge in [0.05, 0.1) is 17.7 Å². The highest BCUT2D eigenvalue weighted by atomic mass is 16.5. The van der Waals surface area contributed by atoms with Gasteiger partial charge in [-0.1, -0.05) is 5.11 Å². The number of hydrogen-bond donors (Lipinski definition) is 1. The molecule has 1 spiro atoms. The Hall–Kier alpha value is -0.770. The Bertz CT molecular complexity index is 257. The van der Waals surface area contributed by atoms with Crippen molar-refractivity contribution in [1.82, 2.24) is 0 Å². The maximum Gasteiger partial charge on any atom is 0.0708 e. The lowest BCUT2D eigenvalue weighted by molar-refractivity contribution is -0.0689. The number of nitrogens with zero attached hydrogens (tertiary/aromatic N) is 3. The standard InChI is InChI=1S/C9H15N3O2/c10-12-11-7-2-4-9(6-8(7)13)3-1-5-14-9/h7-8,13H,1-6H2/t7-,8-,9+/m1/s1. The van der Waals surface area contributed by atoms with E-state index in [2.05, 4.69) is 10.0 Å². The van der Waals surface area contributed by atoms with Gasteiger partial charge in [-0.3, -0.25) is 0 Å². The number of aliphatic hydroxyl groups is 1. The minimum absolute atomic E-state index is 0.110. The van der Waals surface area contributed by atoms with E-state index in [1.165, 1.54) is 0 Å². The van der Waals surface area contributed by atoms with Gasteiger partial charge in [-0.25, -0.2) is 0 Å². The minimum atomic E-state index is -0.530. The fraction of sp³-hybridized carbons (Fsp3) is 1.00. The second kappa shape index (κ2) is 3.77. The van der Waals surface area contributed by atoms with Crippen LogP contribution in [0.5, 0.6) is 0 Å². The molecule has 2 fully saturated rings. The summed E-state index contributed by atoms with van der Waals surface area (Å²) in [6, 6.07) is -0.255. The van der Waals surface area contributed by atoms with Crippen LogP contribution in [-0.2, 0) is 4.74 Å². The third-order valence-electron chi connectivity index (χ3n) is 3.31. The van der Waals surface area contributed by atoms with E-state index in [0.717, 1.165) is 32.3 Å². The summed E-state index contributed by atoms with van der Waals surface area (Å²) in [6.45, 7) is 0.804. The smallest absolute Gasteiger partial charge is 0.0708 e. The van der Waals surface area contributed by atoms with Crippen molar-refractivity contribution in [3.63, 3.8) is 0 Å². The number of azide groups is 1. The molecule has 2 rings (SSSR count). The summed E-state index contributed by atoms with van der Waals surface area (Å²) in [7, 11) is 0. The van der Waals surface area contributed by atoms with Crippen molar-refractivity contribution < 1.29 is 9.84 Å². The largest absolute Gasteiger partial charge is 0.393 e. The molecule has 3 atom stereocenters. The highest BCUT2D eigenvalue weighted by Gasteiger charge is 2.42. The van der Waals surface area contributed by atoms with E-state index < -0.39 is 6.10 Å². The molecule has 5 heteroatoms. The van der Waals surface area contributed by atoms with E-state index >= 15 is 0 Å². The summed E-state index contributed by atoms with van der Waals surface area (Å²) in [5.74, 6) is 0. The summed E-state index contributed by atoms with van der Waals surface area (Å²) >= 11 is 0. The van der Waals surface area contributed by atoms with E-state index in [9.17, 15) is 5.11 Å². The summed E-state index contributed by atoms with van der Waals surface area (Å²) in [5.41, 5.74) is 8.20. The molecule has 14 heavy (non-hydrogen) atoms. The molecule has 0 aromatic carbocycles. The molecule has 2 aliphatic rings.